The molecule has 0 saturated carbocycles. The van der Waals surface area contributed by atoms with Gasteiger partial charge in [0.25, 0.3) is 5.91 Å². The Hall–Kier alpha value is -1.93. The van der Waals surface area contributed by atoms with Gasteiger partial charge in [-0.15, -0.1) is 0 Å². The molecule has 0 radical (unpaired) electrons. The molecule has 0 aliphatic rings. The van der Waals surface area contributed by atoms with Gasteiger partial charge >= 0.3 is 5.69 Å². The predicted octanol–water partition coefficient (Wildman–Crippen LogP) is 4.80. The molecule has 1 amide bonds. The predicted molar refractivity (Wildman–Crippen MR) is 106 cm³/mol. The van der Waals surface area contributed by atoms with Gasteiger partial charge < -0.3 is 15.4 Å². The summed E-state index contributed by atoms with van der Waals surface area (Å²) >= 11 is 23.6. The largest absolute Gasteiger partial charge is 0.490 e. The number of benzene rings is 2. The van der Waals surface area contributed by atoms with Crippen LogP contribution in [0.3, 0.4) is 0 Å². The van der Waals surface area contributed by atoms with Crippen molar-refractivity contribution < 1.29 is 14.5 Å². The molecule has 2 rings (SSSR count). The second kappa shape index (κ2) is 8.84. The SMILES string of the molecule is COc1ccc(N[C@H](NC(=O)c2ccc(Cl)cc2)C(Cl)(Cl)Cl)cc1[N+](=O)[O-]. The number of hydrogen-bond acceptors (Lipinski definition) is 5. The molecule has 144 valence electrons. The number of nitro groups is 1. The van der Waals surface area contributed by atoms with Crippen molar-refractivity contribution in [2.45, 2.75) is 9.96 Å². The summed E-state index contributed by atoms with van der Waals surface area (Å²) in [5, 5.41) is 16.9. The van der Waals surface area contributed by atoms with E-state index < -0.39 is 20.8 Å². The van der Waals surface area contributed by atoms with E-state index >= 15 is 0 Å². The molecule has 2 N–H and O–H groups in total. The van der Waals surface area contributed by atoms with Gasteiger partial charge in [0.2, 0.25) is 3.79 Å². The highest BCUT2D eigenvalue weighted by molar-refractivity contribution is 6.68. The minimum absolute atomic E-state index is 0.0705. The molecule has 0 heterocycles. The fourth-order valence-corrected chi connectivity index (χ4v) is 2.56. The molecular weight excluding hydrogens is 440 g/mol. The summed E-state index contributed by atoms with van der Waals surface area (Å²) in [5.41, 5.74) is 0.256. The smallest absolute Gasteiger partial charge is 0.312 e. The fraction of sp³-hybridized carbons (Fsp3) is 0.188. The van der Waals surface area contributed by atoms with E-state index in [9.17, 15) is 14.9 Å². The van der Waals surface area contributed by atoms with Gasteiger partial charge in [0.05, 0.1) is 12.0 Å². The summed E-state index contributed by atoms with van der Waals surface area (Å²) < 4.78 is 2.99. The molecule has 7 nitrogen and oxygen atoms in total. The summed E-state index contributed by atoms with van der Waals surface area (Å²) in [6, 6.07) is 10.2. The molecular formula is C16H13Cl4N3O4. The van der Waals surface area contributed by atoms with Gasteiger partial charge in [-0.1, -0.05) is 46.4 Å². The average Bonchev–Trinajstić information content (AvgIpc) is 2.60. The first kappa shape index (κ1) is 21.4. The molecule has 0 fully saturated rings. The van der Waals surface area contributed by atoms with Crippen molar-refractivity contribution >= 4 is 63.7 Å². The van der Waals surface area contributed by atoms with E-state index in [0.29, 0.717) is 10.6 Å². The van der Waals surface area contributed by atoms with Crippen LogP contribution in [0, 0.1) is 10.1 Å². The lowest BCUT2D eigenvalue weighted by Crippen LogP contribution is -2.49. The third-order valence-electron chi connectivity index (χ3n) is 3.40. The van der Waals surface area contributed by atoms with Gasteiger partial charge in [0.1, 0.15) is 6.17 Å². The van der Waals surface area contributed by atoms with Crippen molar-refractivity contribution in [1.82, 2.24) is 5.32 Å². The molecule has 0 aliphatic carbocycles. The highest BCUT2D eigenvalue weighted by Crippen LogP contribution is 2.34. The number of anilines is 1. The van der Waals surface area contributed by atoms with E-state index in [-0.39, 0.29) is 17.1 Å². The maximum atomic E-state index is 12.4. The van der Waals surface area contributed by atoms with Crippen molar-refractivity contribution in [2.75, 3.05) is 12.4 Å². The first-order valence-electron chi connectivity index (χ1n) is 7.34. The normalized spacial score (nSPS) is 12.2. The Morgan fingerprint density at radius 2 is 1.81 bits per heavy atom. The van der Waals surface area contributed by atoms with Gasteiger partial charge in [-0.25, -0.2) is 0 Å². The third-order valence-corrected chi connectivity index (χ3v) is 4.30. The molecule has 0 aliphatic heterocycles. The van der Waals surface area contributed by atoms with Gasteiger partial charge in [-0.3, -0.25) is 14.9 Å². The topological polar surface area (TPSA) is 93.5 Å². The number of carbonyl (C=O) groups excluding carboxylic acids is 1. The molecule has 2 aromatic rings. The number of rotatable bonds is 6. The molecule has 0 spiro atoms. The first-order valence-corrected chi connectivity index (χ1v) is 8.85. The summed E-state index contributed by atoms with van der Waals surface area (Å²) in [7, 11) is 1.31. The Morgan fingerprint density at radius 1 is 1.19 bits per heavy atom. The molecule has 0 unspecified atom stereocenters. The number of carbonyl (C=O) groups is 1. The zero-order valence-electron chi connectivity index (χ0n) is 13.7. The standard InChI is InChI=1S/C16H13Cl4N3O4/c1-27-13-7-6-11(8-12(13)23(25)26)21-15(16(18,19)20)22-14(24)9-2-4-10(17)5-3-9/h2-8,15,21H,1H3,(H,22,24)/t15-/m1/s1. The molecule has 2 aromatic carbocycles. The van der Waals surface area contributed by atoms with Crippen molar-refractivity contribution in [3.8, 4) is 5.75 Å². The summed E-state index contributed by atoms with van der Waals surface area (Å²) in [6.07, 6.45) is -1.18. The number of amides is 1. The van der Waals surface area contributed by atoms with Crippen molar-refractivity contribution in [1.29, 1.82) is 0 Å². The molecule has 11 heteroatoms. The van der Waals surface area contributed by atoms with Crippen LogP contribution >= 0.6 is 46.4 Å². The number of methoxy groups -OCH3 is 1. The van der Waals surface area contributed by atoms with E-state index in [2.05, 4.69) is 10.6 Å². The van der Waals surface area contributed by atoms with Crippen LogP contribution in [-0.4, -0.2) is 27.9 Å². The highest BCUT2D eigenvalue weighted by Gasteiger charge is 2.34. The molecule has 1 atom stereocenters. The van der Waals surface area contributed by atoms with Crippen molar-refractivity contribution in [2.24, 2.45) is 0 Å². The number of ether oxygens (including phenoxy) is 1. The number of alkyl halides is 3. The average molecular weight is 453 g/mol. The molecule has 27 heavy (non-hydrogen) atoms. The summed E-state index contributed by atoms with van der Waals surface area (Å²) in [6.45, 7) is 0. The molecule has 0 saturated heterocycles. The lowest BCUT2D eigenvalue weighted by atomic mass is 10.2. The van der Waals surface area contributed by atoms with Crippen LogP contribution in [0.25, 0.3) is 0 Å². The van der Waals surface area contributed by atoms with Gasteiger partial charge in [-0.05, 0) is 36.4 Å². The monoisotopic (exact) mass is 451 g/mol. The highest BCUT2D eigenvalue weighted by atomic mass is 35.6. The van der Waals surface area contributed by atoms with Crippen molar-refractivity contribution in [3.05, 3.63) is 63.2 Å². The van der Waals surface area contributed by atoms with Crippen LogP contribution in [0.2, 0.25) is 5.02 Å². The maximum Gasteiger partial charge on any atom is 0.312 e. The van der Waals surface area contributed by atoms with Crippen molar-refractivity contribution in [3.63, 3.8) is 0 Å². The number of hydrogen-bond donors (Lipinski definition) is 2. The number of nitro benzene ring substituents is 1. The van der Waals surface area contributed by atoms with Crippen LogP contribution in [0.4, 0.5) is 11.4 Å². The molecule has 0 bridgehead atoms. The van der Waals surface area contributed by atoms with E-state index in [1.807, 2.05) is 0 Å². The second-order valence-electron chi connectivity index (χ2n) is 5.24. The fourth-order valence-electron chi connectivity index (χ4n) is 2.10. The third kappa shape index (κ3) is 5.77. The number of nitrogens with one attached hydrogen (secondary N) is 2. The Kier molecular flexibility index (Phi) is 7.00. The lowest BCUT2D eigenvalue weighted by Gasteiger charge is -2.27. The summed E-state index contributed by atoms with van der Waals surface area (Å²) in [5.74, 6) is -0.459. The van der Waals surface area contributed by atoms with Crippen LogP contribution < -0.4 is 15.4 Å². The lowest BCUT2D eigenvalue weighted by molar-refractivity contribution is -0.385. The number of nitrogens with zero attached hydrogens (tertiary/aromatic N) is 1. The quantitative estimate of drug-likeness (QED) is 0.284. The Balaban J connectivity index is 2.25. The Labute approximate surface area is 174 Å². The zero-order chi connectivity index (χ0) is 20.2. The van der Waals surface area contributed by atoms with Crippen LogP contribution in [-0.2, 0) is 0 Å². The minimum Gasteiger partial charge on any atom is -0.490 e. The van der Waals surface area contributed by atoms with E-state index in [0.717, 1.165) is 0 Å². The van der Waals surface area contributed by atoms with Crippen LogP contribution in [0.15, 0.2) is 42.5 Å². The zero-order valence-corrected chi connectivity index (χ0v) is 16.7. The molecule has 0 aromatic heterocycles. The first-order chi connectivity index (χ1) is 12.6. The number of halogens is 4. The van der Waals surface area contributed by atoms with Gasteiger partial charge in [0.15, 0.2) is 5.75 Å². The van der Waals surface area contributed by atoms with Gasteiger partial charge in [-0.2, -0.15) is 0 Å². The van der Waals surface area contributed by atoms with Crippen LogP contribution in [0.1, 0.15) is 10.4 Å². The minimum atomic E-state index is -1.95. The maximum absolute atomic E-state index is 12.4. The second-order valence-corrected chi connectivity index (χ2v) is 8.05. The Bertz CT molecular complexity index is 841. The van der Waals surface area contributed by atoms with E-state index in [4.69, 9.17) is 51.1 Å². The van der Waals surface area contributed by atoms with Crippen LogP contribution in [0.5, 0.6) is 5.75 Å². The van der Waals surface area contributed by atoms with E-state index in [1.54, 1.807) is 12.1 Å². The van der Waals surface area contributed by atoms with Gasteiger partial charge in [0, 0.05) is 22.3 Å². The summed E-state index contributed by atoms with van der Waals surface area (Å²) in [4.78, 5) is 22.9. The van der Waals surface area contributed by atoms with E-state index in [1.165, 1.54) is 37.4 Å². The Morgan fingerprint density at radius 3 is 2.33 bits per heavy atom.